The minimum absolute atomic E-state index is 0.125. The predicted molar refractivity (Wildman–Crippen MR) is 129 cm³/mol. The maximum atomic E-state index is 12.7. The van der Waals surface area contributed by atoms with Crippen molar-refractivity contribution >= 4 is 21.6 Å². The molecule has 0 saturated heterocycles. The van der Waals surface area contributed by atoms with E-state index in [2.05, 4.69) is 4.72 Å². The first-order valence-corrected chi connectivity index (χ1v) is 12.0. The second kappa shape index (κ2) is 10.9. The number of hydrogen-bond donors (Lipinski definition) is 1. The minimum atomic E-state index is -3.67. The summed E-state index contributed by atoms with van der Waals surface area (Å²) in [6.07, 6.45) is 1.57. The molecular weight excluding hydrogens is 440 g/mol. The summed E-state index contributed by atoms with van der Waals surface area (Å²) in [7, 11) is 1.28. The molecule has 3 rings (SSSR count). The number of nitrogens with one attached hydrogen (secondary N) is 1. The molecule has 0 heterocycles. The van der Waals surface area contributed by atoms with E-state index in [9.17, 15) is 13.2 Å². The van der Waals surface area contributed by atoms with Gasteiger partial charge in [-0.1, -0.05) is 24.3 Å². The lowest BCUT2D eigenvalue weighted by Gasteiger charge is -2.18. The summed E-state index contributed by atoms with van der Waals surface area (Å²) in [4.78, 5) is 14.6. The Morgan fingerprint density at radius 1 is 0.909 bits per heavy atom. The number of aryl methyl sites for hydroxylation is 1. The van der Waals surface area contributed by atoms with E-state index in [1.807, 2.05) is 18.2 Å². The fraction of sp³-hybridized carbons (Fsp3) is 0.240. The first-order chi connectivity index (χ1) is 15.8. The van der Waals surface area contributed by atoms with Crippen molar-refractivity contribution in [3.8, 4) is 11.5 Å². The molecule has 0 aliphatic carbocycles. The van der Waals surface area contributed by atoms with Crippen LogP contribution in [0.1, 0.15) is 22.3 Å². The van der Waals surface area contributed by atoms with Crippen LogP contribution < -0.4 is 14.2 Å². The van der Waals surface area contributed by atoms with E-state index in [4.69, 9.17) is 9.47 Å². The molecule has 8 heteroatoms. The van der Waals surface area contributed by atoms with Gasteiger partial charge in [0.25, 0.3) is 15.9 Å². The zero-order chi connectivity index (χ0) is 23.8. The van der Waals surface area contributed by atoms with Gasteiger partial charge in [0.15, 0.2) is 11.5 Å². The van der Waals surface area contributed by atoms with Gasteiger partial charge in [-0.15, -0.1) is 0 Å². The van der Waals surface area contributed by atoms with E-state index in [0.29, 0.717) is 29.3 Å². The predicted octanol–water partition coefficient (Wildman–Crippen LogP) is 4.21. The van der Waals surface area contributed by atoms with Gasteiger partial charge in [-0.3, -0.25) is 9.52 Å². The van der Waals surface area contributed by atoms with Gasteiger partial charge in [-0.25, -0.2) is 8.42 Å². The summed E-state index contributed by atoms with van der Waals surface area (Å²) in [5, 5.41) is 0. The largest absolute Gasteiger partial charge is 0.493 e. The number of benzene rings is 3. The van der Waals surface area contributed by atoms with Crippen molar-refractivity contribution in [1.82, 2.24) is 4.90 Å². The van der Waals surface area contributed by atoms with E-state index in [0.717, 1.165) is 18.4 Å². The van der Waals surface area contributed by atoms with Crippen LogP contribution >= 0.6 is 0 Å². The second-order valence-electron chi connectivity index (χ2n) is 7.52. The van der Waals surface area contributed by atoms with Gasteiger partial charge in [0.1, 0.15) is 0 Å². The van der Waals surface area contributed by atoms with Crippen LogP contribution in [-0.2, 0) is 16.4 Å². The third kappa shape index (κ3) is 6.26. The Labute approximate surface area is 195 Å². The molecule has 174 valence electrons. The smallest absolute Gasteiger partial charge is 0.261 e. The maximum Gasteiger partial charge on any atom is 0.261 e. The average Bonchev–Trinajstić information content (AvgIpc) is 2.84. The third-order valence-electron chi connectivity index (χ3n) is 5.19. The third-order valence-corrected chi connectivity index (χ3v) is 6.59. The van der Waals surface area contributed by atoms with Crippen molar-refractivity contribution in [1.29, 1.82) is 0 Å². The summed E-state index contributed by atoms with van der Waals surface area (Å²) >= 11 is 0. The Kier molecular flexibility index (Phi) is 7.95. The highest BCUT2D eigenvalue weighted by atomic mass is 32.2. The van der Waals surface area contributed by atoms with Crippen molar-refractivity contribution < 1.29 is 22.7 Å². The number of amides is 1. The van der Waals surface area contributed by atoms with Crippen LogP contribution in [-0.4, -0.2) is 47.0 Å². The van der Waals surface area contributed by atoms with Gasteiger partial charge in [0.05, 0.1) is 19.1 Å². The Bertz CT molecular complexity index is 1180. The van der Waals surface area contributed by atoms with Crippen molar-refractivity contribution in [3.63, 3.8) is 0 Å². The zero-order valence-corrected chi connectivity index (χ0v) is 19.8. The molecule has 0 fully saturated rings. The lowest BCUT2D eigenvalue weighted by Crippen LogP contribution is -2.28. The van der Waals surface area contributed by atoms with Gasteiger partial charge >= 0.3 is 0 Å². The number of sulfonamides is 1. The van der Waals surface area contributed by atoms with Crippen LogP contribution in [0.3, 0.4) is 0 Å². The fourth-order valence-electron chi connectivity index (χ4n) is 3.37. The first kappa shape index (κ1) is 24.1. The van der Waals surface area contributed by atoms with Gasteiger partial charge in [-0.2, -0.15) is 0 Å². The lowest BCUT2D eigenvalue weighted by molar-refractivity contribution is 0.0793. The van der Waals surface area contributed by atoms with Crippen LogP contribution in [0.2, 0.25) is 0 Å². The molecule has 0 aromatic heterocycles. The Morgan fingerprint density at radius 2 is 1.58 bits per heavy atom. The summed E-state index contributed by atoms with van der Waals surface area (Å²) in [5.41, 5.74) is 1.99. The molecule has 0 aliphatic rings. The minimum Gasteiger partial charge on any atom is -0.493 e. The van der Waals surface area contributed by atoms with E-state index in [1.54, 1.807) is 68.6 Å². The SMILES string of the molecule is COc1ccc(CCCN(C)C(=O)c2ccc(NS(=O)(=O)c3ccccc3)cc2)cc1OC. The molecule has 0 bridgehead atoms. The van der Waals surface area contributed by atoms with E-state index in [-0.39, 0.29) is 10.8 Å². The summed E-state index contributed by atoms with van der Waals surface area (Å²) in [6, 6.07) is 20.3. The highest BCUT2D eigenvalue weighted by Crippen LogP contribution is 2.28. The molecule has 0 saturated carbocycles. The van der Waals surface area contributed by atoms with Crippen LogP contribution in [0.4, 0.5) is 5.69 Å². The summed E-state index contributed by atoms with van der Waals surface area (Å²) in [5.74, 6) is 1.24. The monoisotopic (exact) mass is 468 g/mol. The van der Waals surface area contributed by atoms with E-state index < -0.39 is 10.0 Å². The topological polar surface area (TPSA) is 84.9 Å². The molecule has 3 aromatic carbocycles. The number of carbonyl (C=O) groups excluding carboxylic acids is 1. The van der Waals surface area contributed by atoms with Gasteiger partial charge in [0, 0.05) is 24.8 Å². The Morgan fingerprint density at radius 3 is 2.21 bits per heavy atom. The molecule has 1 N–H and O–H groups in total. The quantitative estimate of drug-likeness (QED) is 0.482. The molecule has 0 atom stereocenters. The highest BCUT2D eigenvalue weighted by Gasteiger charge is 2.15. The van der Waals surface area contributed by atoms with Gasteiger partial charge in [0.2, 0.25) is 0 Å². The van der Waals surface area contributed by atoms with Gasteiger partial charge in [-0.05, 0) is 66.9 Å². The number of carbonyl (C=O) groups is 1. The summed E-state index contributed by atoms with van der Waals surface area (Å²) < 4.78 is 38.0. The van der Waals surface area contributed by atoms with Crippen molar-refractivity contribution in [2.75, 3.05) is 32.5 Å². The number of methoxy groups -OCH3 is 2. The fourth-order valence-corrected chi connectivity index (χ4v) is 4.45. The highest BCUT2D eigenvalue weighted by molar-refractivity contribution is 7.92. The molecule has 33 heavy (non-hydrogen) atoms. The van der Waals surface area contributed by atoms with Crippen molar-refractivity contribution in [2.24, 2.45) is 0 Å². The summed E-state index contributed by atoms with van der Waals surface area (Å²) in [6.45, 7) is 0.579. The lowest BCUT2D eigenvalue weighted by atomic mass is 10.1. The van der Waals surface area contributed by atoms with Crippen LogP contribution in [0, 0.1) is 0 Å². The standard InChI is InChI=1S/C25H28N2O5S/c1-27(17-7-8-19-11-16-23(31-2)24(18-19)32-3)25(28)20-12-14-21(15-13-20)26-33(29,30)22-9-5-4-6-10-22/h4-6,9-16,18,26H,7-8,17H2,1-3H3. The average molecular weight is 469 g/mol. The van der Waals surface area contributed by atoms with E-state index >= 15 is 0 Å². The molecular formula is C25H28N2O5S. The van der Waals surface area contributed by atoms with Crippen LogP contribution in [0.15, 0.2) is 77.7 Å². The molecule has 0 radical (unpaired) electrons. The Balaban J connectivity index is 1.55. The second-order valence-corrected chi connectivity index (χ2v) is 9.20. The molecule has 1 amide bonds. The van der Waals surface area contributed by atoms with Crippen LogP contribution in [0.5, 0.6) is 11.5 Å². The normalized spacial score (nSPS) is 11.0. The molecule has 0 spiro atoms. The Hall–Kier alpha value is -3.52. The number of anilines is 1. The zero-order valence-electron chi connectivity index (χ0n) is 18.9. The molecule has 0 aliphatic heterocycles. The van der Waals surface area contributed by atoms with Crippen molar-refractivity contribution in [3.05, 3.63) is 83.9 Å². The molecule has 3 aromatic rings. The van der Waals surface area contributed by atoms with E-state index in [1.165, 1.54) is 12.1 Å². The van der Waals surface area contributed by atoms with Crippen LogP contribution in [0.25, 0.3) is 0 Å². The number of rotatable bonds is 10. The molecule has 0 unspecified atom stereocenters. The number of ether oxygens (including phenoxy) is 2. The number of nitrogens with zero attached hydrogens (tertiary/aromatic N) is 1. The van der Waals surface area contributed by atoms with Gasteiger partial charge < -0.3 is 14.4 Å². The van der Waals surface area contributed by atoms with Crippen molar-refractivity contribution in [2.45, 2.75) is 17.7 Å². The maximum absolute atomic E-state index is 12.7. The number of hydrogen-bond acceptors (Lipinski definition) is 5. The molecule has 7 nitrogen and oxygen atoms in total. The first-order valence-electron chi connectivity index (χ1n) is 10.5.